The summed E-state index contributed by atoms with van der Waals surface area (Å²) in [5.41, 5.74) is 5.71. The summed E-state index contributed by atoms with van der Waals surface area (Å²) in [4.78, 5) is 29.4. The average molecular weight is 494 g/mol. The van der Waals surface area contributed by atoms with Gasteiger partial charge in [0.1, 0.15) is 10.3 Å². The molecule has 2 atom stereocenters. The molecular weight excluding hydrogens is 470 g/mol. The van der Waals surface area contributed by atoms with E-state index in [2.05, 4.69) is 21.2 Å². The van der Waals surface area contributed by atoms with Crippen molar-refractivity contribution in [2.45, 2.75) is 30.0 Å². The van der Waals surface area contributed by atoms with E-state index in [9.17, 15) is 18.0 Å². The summed E-state index contributed by atoms with van der Waals surface area (Å²) >= 11 is 2.59. The molecule has 1 aliphatic rings. The van der Waals surface area contributed by atoms with E-state index >= 15 is 0 Å². The van der Waals surface area contributed by atoms with Crippen molar-refractivity contribution < 1.29 is 18.0 Å². The Morgan fingerprint density at radius 1 is 1.19 bits per heavy atom. The zero-order chi connectivity index (χ0) is 22.7. The van der Waals surface area contributed by atoms with Gasteiger partial charge in [0.2, 0.25) is 5.91 Å². The number of para-hydroxylation sites is 1. The normalized spacial score (nSPS) is 18.2. The lowest BCUT2D eigenvalue weighted by Gasteiger charge is -2.30. The Balaban J connectivity index is 1.30. The Kier molecular flexibility index (Phi) is 6.74. The summed E-state index contributed by atoms with van der Waals surface area (Å²) in [6.45, 7) is 2.13. The number of nitrogens with zero attached hydrogens (tertiary/aromatic N) is 2. The molecule has 2 aromatic heterocycles. The smallest absolute Gasteiger partial charge is 0.260 e. The molecule has 0 aliphatic carbocycles. The lowest BCUT2D eigenvalue weighted by molar-refractivity contribution is -0.132. The largest absolute Gasteiger partial charge is 0.350 e. The first kappa shape index (κ1) is 22.6. The van der Waals surface area contributed by atoms with Crippen LogP contribution in [0.1, 0.15) is 19.8 Å². The van der Waals surface area contributed by atoms with Crippen LogP contribution in [-0.4, -0.2) is 48.7 Å². The second kappa shape index (κ2) is 9.53. The third-order valence-electron chi connectivity index (χ3n) is 5.18. The number of piperidine rings is 1. The molecule has 0 radical (unpaired) electrons. The first-order valence-electron chi connectivity index (χ1n) is 10.1. The molecule has 3 heterocycles. The fourth-order valence-electron chi connectivity index (χ4n) is 3.43. The molecular formula is C20H23N5O4S3. The van der Waals surface area contributed by atoms with Crippen molar-refractivity contribution in [2.75, 3.05) is 18.4 Å². The van der Waals surface area contributed by atoms with Crippen molar-refractivity contribution in [2.24, 2.45) is 5.92 Å². The first-order chi connectivity index (χ1) is 15.3. The fraction of sp³-hybridized carbons (Fsp3) is 0.350. The predicted octanol–water partition coefficient (Wildman–Crippen LogP) is 2.41. The Labute approximate surface area is 193 Å². The molecule has 1 saturated heterocycles. The lowest BCUT2D eigenvalue weighted by Crippen LogP contribution is -2.52. The number of aromatic nitrogens is 1. The highest BCUT2D eigenvalue weighted by Gasteiger charge is 2.34. The van der Waals surface area contributed by atoms with Crippen LogP contribution in [0, 0.1) is 5.92 Å². The van der Waals surface area contributed by atoms with Gasteiger partial charge in [0.15, 0.2) is 5.13 Å². The molecule has 12 heteroatoms. The molecule has 0 bridgehead atoms. The van der Waals surface area contributed by atoms with Crippen LogP contribution in [0.4, 0.5) is 5.13 Å². The fourth-order valence-corrected chi connectivity index (χ4v) is 7.05. The highest BCUT2D eigenvalue weighted by atomic mass is 32.2. The molecule has 4 rings (SSSR count). The van der Waals surface area contributed by atoms with Crippen LogP contribution in [0.25, 0.3) is 10.2 Å². The number of benzene rings is 1. The number of hydrogen-bond acceptors (Lipinski definition) is 8. The molecule has 1 fully saturated rings. The molecule has 1 aliphatic heterocycles. The number of nitrogens with one attached hydrogen (secondary N) is 3. The monoisotopic (exact) mass is 493 g/mol. The van der Waals surface area contributed by atoms with Gasteiger partial charge in [-0.05, 0) is 43.3 Å². The molecule has 32 heavy (non-hydrogen) atoms. The van der Waals surface area contributed by atoms with E-state index in [1.54, 1.807) is 24.4 Å². The van der Waals surface area contributed by atoms with Gasteiger partial charge in [-0.15, -0.1) is 11.3 Å². The molecule has 3 aromatic rings. The summed E-state index contributed by atoms with van der Waals surface area (Å²) in [6.07, 6.45) is 1.13. The number of hydrogen-bond donors (Lipinski definition) is 3. The number of thiophene rings is 1. The quantitative estimate of drug-likeness (QED) is 0.454. The maximum Gasteiger partial charge on any atom is 0.260 e. The molecule has 2 amide bonds. The molecule has 3 N–H and O–H groups in total. The zero-order valence-electron chi connectivity index (χ0n) is 17.3. The highest BCUT2D eigenvalue weighted by Crippen LogP contribution is 2.27. The Bertz CT molecular complexity index is 1180. The standard InChI is InChI=1S/C20H23N5O4S3/c1-13(21-20-22-15-7-2-3-8-16(15)31-20)18(26)23-24-19(27)14-6-4-10-25(12-14)32(28,29)17-9-5-11-30-17/h2-3,5,7-9,11,13-14H,4,6,10,12H2,1H3,(H,21,22)(H,23,26)(H,24,27). The van der Waals surface area contributed by atoms with Crippen molar-refractivity contribution in [1.82, 2.24) is 20.1 Å². The number of hydrazine groups is 1. The number of anilines is 1. The van der Waals surface area contributed by atoms with Crippen LogP contribution < -0.4 is 16.2 Å². The summed E-state index contributed by atoms with van der Waals surface area (Å²) in [7, 11) is -3.61. The van der Waals surface area contributed by atoms with Gasteiger partial charge in [0, 0.05) is 13.1 Å². The summed E-state index contributed by atoms with van der Waals surface area (Å²) in [6, 6.07) is 10.3. The van der Waals surface area contributed by atoms with Crippen molar-refractivity contribution in [1.29, 1.82) is 0 Å². The van der Waals surface area contributed by atoms with Crippen LogP contribution in [0.3, 0.4) is 0 Å². The van der Waals surface area contributed by atoms with Crippen LogP contribution in [0.2, 0.25) is 0 Å². The number of carbonyl (C=O) groups excluding carboxylic acids is 2. The Hall–Kier alpha value is -2.54. The number of fused-ring (bicyclic) bond motifs is 1. The number of carbonyl (C=O) groups is 2. The van der Waals surface area contributed by atoms with Crippen molar-refractivity contribution in [3.8, 4) is 0 Å². The Morgan fingerprint density at radius 3 is 2.75 bits per heavy atom. The van der Waals surface area contributed by atoms with Crippen molar-refractivity contribution in [3.63, 3.8) is 0 Å². The molecule has 170 valence electrons. The van der Waals surface area contributed by atoms with E-state index in [0.717, 1.165) is 21.6 Å². The molecule has 0 spiro atoms. The molecule has 0 saturated carbocycles. The number of amides is 2. The van der Waals surface area contributed by atoms with E-state index in [0.29, 0.717) is 24.5 Å². The van der Waals surface area contributed by atoms with Crippen molar-refractivity contribution >= 4 is 59.9 Å². The number of rotatable bonds is 6. The van der Waals surface area contributed by atoms with Crippen LogP contribution >= 0.6 is 22.7 Å². The van der Waals surface area contributed by atoms with Gasteiger partial charge in [0.25, 0.3) is 15.9 Å². The minimum Gasteiger partial charge on any atom is -0.350 e. The van der Waals surface area contributed by atoms with Gasteiger partial charge in [0.05, 0.1) is 16.1 Å². The molecule has 9 nitrogen and oxygen atoms in total. The Morgan fingerprint density at radius 2 is 2.00 bits per heavy atom. The average Bonchev–Trinajstić information content (AvgIpc) is 3.47. The summed E-state index contributed by atoms with van der Waals surface area (Å²) < 4.78 is 28.1. The molecule has 2 unspecified atom stereocenters. The van der Waals surface area contributed by atoms with E-state index in [4.69, 9.17) is 0 Å². The summed E-state index contributed by atoms with van der Waals surface area (Å²) in [5.74, 6) is -1.36. The van der Waals surface area contributed by atoms with E-state index in [1.165, 1.54) is 15.6 Å². The minimum atomic E-state index is -3.61. The zero-order valence-corrected chi connectivity index (χ0v) is 19.7. The van der Waals surface area contributed by atoms with Crippen LogP contribution in [-0.2, 0) is 19.6 Å². The maximum atomic E-state index is 12.7. The minimum absolute atomic E-state index is 0.0848. The first-order valence-corrected chi connectivity index (χ1v) is 13.2. The molecule has 1 aromatic carbocycles. The topological polar surface area (TPSA) is 120 Å². The van der Waals surface area contributed by atoms with Crippen LogP contribution in [0.15, 0.2) is 46.0 Å². The SMILES string of the molecule is CC(Nc1nc2ccccc2s1)C(=O)NNC(=O)C1CCCN(S(=O)(=O)c2cccs2)C1. The third kappa shape index (κ3) is 4.93. The van der Waals surface area contributed by atoms with E-state index in [1.807, 2.05) is 24.3 Å². The van der Waals surface area contributed by atoms with Gasteiger partial charge < -0.3 is 5.32 Å². The second-order valence-corrected chi connectivity index (χ2v) is 11.6. The summed E-state index contributed by atoms with van der Waals surface area (Å²) in [5, 5.41) is 5.36. The van der Waals surface area contributed by atoms with Crippen molar-refractivity contribution in [3.05, 3.63) is 41.8 Å². The third-order valence-corrected chi connectivity index (χ3v) is 9.39. The van der Waals surface area contributed by atoms with E-state index in [-0.39, 0.29) is 10.8 Å². The highest BCUT2D eigenvalue weighted by molar-refractivity contribution is 7.91. The second-order valence-electron chi connectivity index (χ2n) is 7.47. The van der Waals surface area contributed by atoms with E-state index < -0.39 is 33.8 Å². The number of sulfonamides is 1. The van der Waals surface area contributed by atoms with Gasteiger partial charge in [-0.2, -0.15) is 4.31 Å². The predicted molar refractivity (Wildman–Crippen MR) is 125 cm³/mol. The van der Waals surface area contributed by atoms with Gasteiger partial charge in [-0.3, -0.25) is 20.4 Å². The maximum absolute atomic E-state index is 12.7. The van der Waals surface area contributed by atoms with Gasteiger partial charge >= 0.3 is 0 Å². The van der Waals surface area contributed by atoms with Gasteiger partial charge in [-0.1, -0.05) is 29.5 Å². The van der Waals surface area contributed by atoms with Crippen LogP contribution in [0.5, 0.6) is 0 Å². The lowest BCUT2D eigenvalue weighted by atomic mass is 9.99. The number of thiazole rings is 1. The van der Waals surface area contributed by atoms with Gasteiger partial charge in [-0.25, -0.2) is 13.4 Å².